The molecule has 1 aliphatic carbocycles. The number of rotatable bonds is 2. The summed E-state index contributed by atoms with van der Waals surface area (Å²) in [7, 11) is 0. The van der Waals surface area contributed by atoms with Crippen molar-refractivity contribution in [3.63, 3.8) is 0 Å². The van der Waals surface area contributed by atoms with E-state index in [0.717, 1.165) is 31.3 Å². The molecule has 3 atom stereocenters. The van der Waals surface area contributed by atoms with Gasteiger partial charge in [0, 0.05) is 32.0 Å². The molecule has 0 N–H and O–H groups in total. The van der Waals surface area contributed by atoms with E-state index in [4.69, 9.17) is 0 Å². The van der Waals surface area contributed by atoms with E-state index in [0.29, 0.717) is 5.78 Å². The zero-order valence-corrected chi connectivity index (χ0v) is 8.62. The summed E-state index contributed by atoms with van der Waals surface area (Å²) in [5.41, 5.74) is 0. The maximum Gasteiger partial charge on any atom is 0.138 e. The predicted octanol–water partition coefficient (Wildman–Crippen LogP) is 1.55. The van der Waals surface area contributed by atoms with Crippen LogP contribution in [0.1, 0.15) is 26.7 Å². The van der Waals surface area contributed by atoms with Gasteiger partial charge in [-0.15, -0.1) is 0 Å². The van der Waals surface area contributed by atoms with Gasteiger partial charge in [0.15, 0.2) is 0 Å². The summed E-state index contributed by atoms with van der Waals surface area (Å²) in [5.74, 6) is 2.61. The molecule has 2 aliphatic rings. The first-order valence-corrected chi connectivity index (χ1v) is 5.42. The van der Waals surface area contributed by atoms with Crippen molar-refractivity contribution in [2.24, 2.45) is 17.8 Å². The molecule has 2 heteroatoms. The van der Waals surface area contributed by atoms with Gasteiger partial charge in [0.25, 0.3) is 0 Å². The lowest BCUT2D eigenvalue weighted by Crippen LogP contribution is -2.40. The molecule has 13 heavy (non-hydrogen) atoms. The number of likely N-dealkylation sites (tertiary alicyclic amines) is 1. The number of carbonyl (C=O) groups excluding carboxylic acids is 1. The van der Waals surface area contributed by atoms with Crippen LogP contribution < -0.4 is 0 Å². The fraction of sp³-hybridized carbons (Fsp3) is 0.909. The van der Waals surface area contributed by atoms with E-state index < -0.39 is 0 Å². The SMILES string of the molecule is CC1CN(CC2CC2C)CCC1=O. The molecule has 3 unspecified atom stereocenters. The number of carbonyl (C=O) groups is 1. The standard InChI is InChI=1S/C11H19NO/c1-8-5-10(8)7-12-4-3-11(13)9(2)6-12/h8-10H,3-7H2,1-2H3. The summed E-state index contributed by atoms with van der Waals surface area (Å²) in [4.78, 5) is 13.8. The molecule has 0 radical (unpaired) electrons. The van der Waals surface area contributed by atoms with Crippen LogP contribution in [0.3, 0.4) is 0 Å². The minimum Gasteiger partial charge on any atom is -0.302 e. The number of nitrogens with zero attached hydrogens (tertiary/aromatic N) is 1. The van der Waals surface area contributed by atoms with Crippen LogP contribution in [0.25, 0.3) is 0 Å². The second-order valence-corrected chi connectivity index (χ2v) is 4.85. The summed E-state index contributed by atoms with van der Waals surface area (Å²) in [6.45, 7) is 7.63. The summed E-state index contributed by atoms with van der Waals surface area (Å²) < 4.78 is 0. The number of ketones is 1. The smallest absolute Gasteiger partial charge is 0.138 e. The van der Waals surface area contributed by atoms with Gasteiger partial charge < -0.3 is 4.90 Å². The van der Waals surface area contributed by atoms with Gasteiger partial charge in [0.05, 0.1) is 0 Å². The normalized spacial score (nSPS) is 40.8. The third-order valence-corrected chi connectivity index (χ3v) is 3.52. The minimum absolute atomic E-state index is 0.280. The van der Waals surface area contributed by atoms with Crippen LogP contribution in [0.5, 0.6) is 0 Å². The molecule has 0 bridgehead atoms. The average molecular weight is 181 g/mol. The molecule has 74 valence electrons. The highest BCUT2D eigenvalue weighted by molar-refractivity contribution is 5.81. The van der Waals surface area contributed by atoms with Gasteiger partial charge in [-0.1, -0.05) is 13.8 Å². The fourth-order valence-corrected chi connectivity index (χ4v) is 2.25. The summed E-state index contributed by atoms with van der Waals surface area (Å²) >= 11 is 0. The van der Waals surface area contributed by atoms with Gasteiger partial charge in [-0.3, -0.25) is 4.79 Å². The summed E-state index contributed by atoms with van der Waals surface area (Å²) in [5, 5.41) is 0. The molecular weight excluding hydrogens is 162 g/mol. The molecule has 1 saturated heterocycles. The molecule has 1 heterocycles. The minimum atomic E-state index is 0.280. The van der Waals surface area contributed by atoms with E-state index in [1.165, 1.54) is 13.0 Å². The Balaban J connectivity index is 1.78. The first kappa shape index (κ1) is 9.20. The van der Waals surface area contributed by atoms with Crippen LogP contribution in [0, 0.1) is 17.8 Å². The van der Waals surface area contributed by atoms with Crippen LogP contribution >= 0.6 is 0 Å². The van der Waals surface area contributed by atoms with E-state index in [-0.39, 0.29) is 5.92 Å². The molecule has 2 nitrogen and oxygen atoms in total. The van der Waals surface area contributed by atoms with E-state index >= 15 is 0 Å². The van der Waals surface area contributed by atoms with Crippen LogP contribution in [0.15, 0.2) is 0 Å². The molecule has 0 spiro atoms. The van der Waals surface area contributed by atoms with Crippen LogP contribution in [0.4, 0.5) is 0 Å². The first-order chi connectivity index (χ1) is 6.16. The van der Waals surface area contributed by atoms with Crippen molar-refractivity contribution in [1.82, 2.24) is 4.90 Å². The fourth-order valence-electron chi connectivity index (χ4n) is 2.25. The Morgan fingerprint density at radius 2 is 2.15 bits per heavy atom. The summed E-state index contributed by atoms with van der Waals surface area (Å²) in [6.07, 6.45) is 2.18. The Hall–Kier alpha value is -0.370. The number of piperidine rings is 1. The van der Waals surface area contributed by atoms with Crippen LogP contribution in [-0.2, 0) is 4.79 Å². The van der Waals surface area contributed by atoms with Crippen molar-refractivity contribution >= 4 is 5.78 Å². The predicted molar refractivity (Wildman–Crippen MR) is 52.5 cm³/mol. The molecule has 0 amide bonds. The Labute approximate surface area is 80.3 Å². The van der Waals surface area contributed by atoms with Crippen molar-refractivity contribution in [3.8, 4) is 0 Å². The first-order valence-electron chi connectivity index (χ1n) is 5.42. The molecule has 2 rings (SSSR count). The second-order valence-electron chi connectivity index (χ2n) is 4.85. The Kier molecular flexibility index (Phi) is 2.41. The van der Waals surface area contributed by atoms with Gasteiger partial charge in [-0.05, 0) is 18.3 Å². The Bertz CT molecular complexity index is 214. The van der Waals surface area contributed by atoms with Crippen molar-refractivity contribution in [2.75, 3.05) is 19.6 Å². The molecular formula is C11H19NO. The van der Waals surface area contributed by atoms with Crippen molar-refractivity contribution < 1.29 is 4.79 Å². The average Bonchev–Trinajstić information content (AvgIpc) is 2.75. The molecule has 1 aliphatic heterocycles. The summed E-state index contributed by atoms with van der Waals surface area (Å²) in [6, 6.07) is 0. The topological polar surface area (TPSA) is 20.3 Å². The van der Waals surface area contributed by atoms with Crippen molar-refractivity contribution in [1.29, 1.82) is 0 Å². The third-order valence-electron chi connectivity index (χ3n) is 3.52. The Morgan fingerprint density at radius 1 is 1.46 bits per heavy atom. The lowest BCUT2D eigenvalue weighted by molar-refractivity contribution is -0.125. The van der Waals surface area contributed by atoms with E-state index in [1.807, 2.05) is 0 Å². The largest absolute Gasteiger partial charge is 0.302 e. The quantitative estimate of drug-likeness (QED) is 0.644. The maximum atomic E-state index is 11.3. The van der Waals surface area contributed by atoms with E-state index in [2.05, 4.69) is 18.7 Å². The zero-order valence-electron chi connectivity index (χ0n) is 8.62. The number of hydrogen-bond donors (Lipinski definition) is 0. The van der Waals surface area contributed by atoms with Crippen LogP contribution in [0.2, 0.25) is 0 Å². The van der Waals surface area contributed by atoms with Gasteiger partial charge >= 0.3 is 0 Å². The highest BCUT2D eigenvalue weighted by Gasteiger charge is 2.35. The monoisotopic (exact) mass is 181 g/mol. The third kappa shape index (κ3) is 2.11. The lowest BCUT2D eigenvalue weighted by atomic mass is 9.98. The zero-order chi connectivity index (χ0) is 9.42. The van der Waals surface area contributed by atoms with Crippen molar-refractivity contribution in [2.45, 2.75) is 26.7 Å². The van der Waals surface area contributed by atoms with Crippen LogP contribution in [-0.4, -0.2) is 30.3 Å². The van der Waals surface area contributed by atoms with Crippen molar-refractivity contribution in [3.05, 3.63) is 0 Å². The highest BCUT2D eigenvalue weighted by Crippen LogP contribution is 2.38. The second kappa shape index (κ2) is 3.41. The molecule has 1 saturated carbocycles. The lowest BCUT2D eigenvalue weighted by Gasteiger charge is -2.29. The molecule has 2 fully saturated rings. The van der Waals surface area contributed by atoms with E-state index in [9.17, 15) is 4.79 Å². The van der Waals surface area contributed by atoms with Gasteiger partial charge in [-0.2, -0.15) is 0 Å². The highest BCUT2D eigenvalue weighted by atomic mass is 16.1. The van der Waals surface area contributed by atoms with Gasteiger partial charge in [0.1, 0.15) is 5.78 Å². The molecule has 0 aromatic rings. The number of Topliss-reactive ketones (excluding diaryl/α,β-unsaturated/α-hetero) is 1. The van der Waals surface area contributed by atoms with E-state index in [1.54, 1.807) is 0 Å². The molecule has 0 aromatic carbocycles. The Morgan fingerprint density at radius 3 is 2.69 bits per heavy atom. The van der Waals surface area contributed by atoms with Gasteiger partial charge in [0.2, 0.25) is 0 Å². The molecule has 0 aromatic heterocycles. The number of hydrogen-bond acceptors (Lipinski definition) is 2. The maximum absolute atomic E-state index is 11.3. The van der Waals surface area contributed by atoms with Gasteiger partial charge in [-0.25, -0.2) is 0 Å².